The fourth-order valence-electron chi connectivity index (χ4n) is 4.11. The number of aliphatic hydroxyl groups is 1. The van der Waals surface area contributed by atoms with Crippen molar-refractivity contribution >= 4 is 24.5 Å². The van der Waals surface area contributed by atoms with E-state index >= 15 is 0 Å². The van der Waals surface area contributed by atoms with Gasteiger partial charge in [-0.05, 0) is 27.2 Å². The Hall–Kier alpha value is -1.75. The van der Waals surface area contributed by atoms with Crippen LogP contribution in [0.3, 0.4) is 0 Å². The lowest BCUT2D eigenvalue weighted by Gasteiger charge is -2.46. The minimum Gasteiger partial charge on any atom is -0.404 e. The summed E-state index contributed by atoms with van der Waals surface area (Å²) in [5.41, 5.74) is 0. The zero-order chi connectivity index (χ0) is 23.2. The van der Waals surface area contributed by atoms with Gasteiger partial charge < -0.3 is 9.53 Å². The molecule has 31 heavy (non-hydrogen) atoms. The molecule has 1 N–H and O–H groups in total. The van der Waals surface area contributed by atoms with Crippen molar-refractivity contribution in [3.8, 4) is 0 Å². The van der Waals surface area contributed by atoms with Crippen LogP contribution >= 0.6 is 0 Å². The summed E-state index contributed by atoms with van der Waals surface area (Å²) in [5.74, 6) is 0.318. The van der Waals surface area contributed by atoms with E-state index in [-0.39, 0.29) is 35.2 Å². The van der Waals surface area contributed by atoms with E-state index in [1.165, 1.54) is 10.4 Å². The molecule has 0 aromatic heterocycles. The summed E-state index contributed by atoms with van der Waals surface area (Å²) in [5, 5.41) is 12.5. The zero-order valence-corrected chi connectivity index (χ0v) is 21.3. The zero-order valence-electron chi connectivity index (χ0n) is 20.3. The molecule has 0 aliphatic carbocycles. The average Bonchev–Trinajstić information content (AvgIpc) is 2.71. The molecule has 0 heterocycles. The SMILES string of the molecule is CC(C)[C@H](CC(=O)C[C@H](O)C(C)C)O[Si](c1ccccc1)(c1ccccc1)C(C)(C)C. The van der Waals surface area contributed by atoms with Gasteiger partial charge >= 0.3 is 0 Å². The highest BCUT2D eigenvalue weighted by molar-refractivity contribution is 6.99. The Balaban J connectivity index is 2.51. The first-order valence-electron chi connectivity index (χ1n) is 11.5. The normalized spacial score (nSPS) is 14.6. The van der Waals surface area contributed by atoms with Crippen molar-refractivity contribution in [1.82, 2.24) is 0 Å². The molecule has 0 aliphatic rings. The molecule has 0 unspecified atom stereocenters. The van der Waals surface area contributed by atoms with Gasteiger partial charge in [0.25, 0.3) is 8.32 Å². The maximum absolute atomic E-state index is 12.9. The van der Waals surface area contributed by atoms with Crippen LogP contribution in [-0.2, 0) is 9.22 Å². The largest absolute Gasteiger partial charge is 0.404 e. The molecular weight excluding hydrogens is 400 g/mol. The van der Waals surface area contributed by atoms with Gasteiger partial charge in [0.2, 0.25) is 0 Å². The van der Waals surface area contributed by atoms with E-state index < -0.39 is 14.4 Å². The van der Waals surface area contributed by atoms with E-state index in [9.17, 15) is 9.90 Å². The first-order valence-corrected chi connectivity index (χ1v) is 13.4. The average molecular weight is 441 g/mol. The topological polar surface area (TPSA) is 46.5 Å². The van der Waals surface area contributed by atoms with Crippen LogP contribution < -0.4 is 10.4 Å². The van der Waals surface area contributed by atoms with Crippen LogP contribution in [0.5, 0.6) is 0 Å². The molecule has 0 amide bonds. The molecule has 0 fully saturated rings. The highest BCUT2D eigenvalue weighted by Crippen LogP contribution is 2.38. The minimum atomic E-state index is -2.72. The fraction of sp³-hybridized carbons (Fsp3) is 0.519. The Morgan fingerprint density at radius 1 is 0.839 bits per heavy atom. The summed E-state index contributed by atoms with van der Waals surface area (Å²) in [4.78, 5) is 12.9. The Morgan fingerprint density at radius 3 is 1.65 bits per heavy atom. The summed E-state index contributed by atoms with van der Waals surface area (Å²) < 4.78 is 7.19. The number of aliphatic hydroxyl groups excluding tert-OH is 1. The Morgan fingerprint density at radius 2 is 1.29 bits per heavy atom. The van der Waals surface area contributed by atoms with Crippen molar-refractivity contribution < 1.29 is 14.3 Å². The number of carbonyl (C=O) groups is 1. The van der Waals surface area contributed by atoms with Crippen molar-refractivity contribution in [2.75, 3.05) is 0 Å². The number of benzene rings is 2. The van der Waals surface area contributed by atoms with Crippen LogP contribution in [-0.4, -0.2) is 31.4 Å². The van der Waals surface area contributed by atoms with Crippen LogP contribution in [0, 0.1) is 11.8 Å². The van der Waals surface area contributed by atoms with Crippen LogP contribution in [0.1, 0.15) is 61.3 Å². The molecule has 0 spiro atoms. The van der Waals surface area contributed by atoms with Crippen molar-refractivity contribution in [2.24, 2.45) is 11.8 Å². The van der Waals surface area contributed by atoms with Crippen molar-refractivity contribution in [2.45, 2.75) is 78.6 Å². The monoisotopic (exact) mass is 440 g/mol. The van der Waals surface area contributed by atoms with E-state index in [1.54, 1.807) is 0 Å². The Kier molecular flexibility index (Phi) is 8.81. The first kappa shape index (κ1) is 25.5. The minimum absolute atomic E-state index is 0.0674. The standard InChI is InChI=1S/C27H40O3Si/c1-20(2)25(29)18-22(28)19-26(21(3)4)30-31(27(5,6)7,23-14-10-8-11-15-23)24-16-12-9-13-17-24/h8-17,20-21,25-26,29H,18-19H2,1-7H3/t25-,26-/m0/s1. The fourth-order valence-corrected chi connectivity index (χ4v) is 8.93. The van der Waals surface area contributed by atoms with Crippen LogP contribution in [0.4, 0.5) is 0 Å². The van der Waals surface area contributed by atoms with Crippen LogP contribution in [0.2, 0.25) is 5.04 Å². The van der Waals surface area contributed by atoms with Gasteiger partial charge in [-0.25, -0.2) is 0 Å². The quantitative estimate of drug-likeness (QED) is 0.532. The molecule has 0 radical (unpaired) electrons. The van der Waals surface area contributed by atoms with Crippen LogP contribution in [0.15, 0.2) is 60.7 Å². The molecular formula is C27H40O3Si. The van der Waals surface area contributed by atoms with E-state index in [0.29, 0.717) is 6.42 Å². The Bertz CT molecular complexity index is 770. The molecule has 2 rings (SSSR count). The number of ketones is 1. The second kappa shape index (κ2) is 10.7. The smallest absolute Gasteiger partial charge is 0.261 e. The summed E-state index contributed by atoms with van der Waals surface area (Å²) in [6.07, 6.45) is -0.303. The third-order valence-electron chi connectivity index (χ3n) is 6.12. The molecule has 0 saturated carbocycles. The summed E-state index contributed by atoms with van der Waals surface area (Å²) in [6, 6.07) is 21.1. The van der Waals surface area contributed by atoms with Crippen molar-refractivity contribution in [3.05, 3.63) is 60.7 Å². The lowest BCUT2D eigenvalue weighted by Crippen LogP contribution is -2.68. The van der Waals surface area contributed by atoms with Gasteiger partial charge in [0, 0.05) is 12.8 Å². The number of hydrogen-bond acceptors (Lipinski definition) is 3. The number of hydrogen-bond donors (Lipinski definition) is 1. The van der Waals surface area contributed by atoms with Gasteiger partial charge in [0.05, 0.1) is 12.2 Å². The molecule has 3 nitrogen and oxygen atoms in total. The van der Waals surface area contributed by atoms with Crippen molar-refractivity contribution in [3.63, 3.8) is 0 Å². The Labute approximate surface area is 190 Å². The lowest BCUT2D eigenvalue weighted by molar-refractivity contribution is -0.123. The molecule has 0 saturated heterocycles. The second-order valence-electron chi connectivity index (χ2n) is 10.3. The predicted octanol–water partition coefficient (Wildman–Crippen LogP) is 4.95. The maximum atomic E-state index is 12.9. The number of Topliss-reactive ketones (excluding diaryl/α,β-unsaturated/α-hetero) is 1. The van der Waals surface area contributed by atoms with Crippen molar-refractivity contribution in [1.29, 1.82) is 0 Å². The first-order chi connectivity index (χ1) is 14.5. The molecule has 0 aliphatic heterocycles. The molecule has 2 atom stereocenters. The highest BCUT2D eigenvalue weighted by atomic mass is 28.4. The van der Waals surface area contributed by atoms with E-state index in [4.69, 9.17) is 4.43 Å². The van der Waals surface area contributed by atoms with Gasteiger partial charge in [0.1, 0.15) is 5.78 Å². The van der Waals surface area contributed by atoms with Gasteiger partial charge in [-0.3, -0.25) is 4.79 Å². The number of rotatable bonds is 10. The van der Waals surface area contributed by atoms with Gasteiger partial charge in [-0.2, -0.15) is 0 Å². The maximum Gasteiger partial charge on any atom is 0.261 e. The molecule has 2 aromatic carbocycles. The molecule has 4 heteroatoms. The molecule has 2 aromatic rings. The second-order valence-corrected chi connectivity index (χ2v) is 14.6. The predicted molar refractivity (Wildman–Crippen MR) is 132 cm³/mol. The van der Waals surface area contributed by atoms with E-state index in [1.807, 2.05) is 26.0 Å². The van der Waals surface area contributed by atoms with Gasteiger partial charge in [0.15, 0.2) is 0 Å². The van der Waals surface area contributed by atoms with E-state index in [0.717, 1.165) is 0 Å². The summed E-state index contributed by atoms with van der Waals surface area (Å²) in [7, 11) is -2.72. The summed E-state index contributed by atoms with van der Waals surface area (Å²) in [6.45, 7) is 14.9. The number of carbonyl (C=O) groups excluding carboxylic acids is 1. The highest BCUT2D eigenvalue weighted by Gasteiger charge is 2.51. The molecule has 170 valence electrons. The lowest BCUT2D eigenvalue weighted by atomic mass is 9.96. The summed E-state index contributed by atoms with van der Waals surface area (Å²) >= 11 is 0. The van der Waals surface area contributed by atoms with E-state index in [2.05, 4.69) is 83.1 Å². The third-order valence-corrected chi connectivity index (χ3v) is 11.2. The van der Waals surface area contributed by atoms with Gasteiger partial charge in [-0.1, -0.05) is 109 Å². The third kappa shape index (κ3) is 6.15. The van der Waals surface area contributed by atoms with Gasteiger partial charge in [-0.15, -0.1) is 0 Å². The van der Waals surface area contributed by atoms with Crippen LogP contribution in [0.25, 0.3) is 0 Å². The molecule has 0 bridgehead atoms.